The lowest BCUT2D eigenvalue weighted by molar-refractivity contribution is 0.395. The summed E-state index contributed by atoms with van der Waals surface area (Å²) in [4.78, 5) is 0. The number of nitrogens with two attached hydrogens (primary N) is 1. The molecule has 1 fully saturated rings. The molecule has 1 aliphatic rings. The zero-order valence-electron chi connectivity index (χ0n) is 11.2. The van der Waals surface area contributed by atoms with E-state index >= 15 is 0 Å². The zero-order chi connectivity index (χ0) is 12.3. The number of aryl methyl sites for hydroxylation is 2. The van der Waals surface area contributed by atoms with Gasteiger partial charge in [0.1, 0.15) is 0 Å². The van der Waals surface area contributed by atoms with E-state index in [0.717, 1.165) is 0 Å². The third-order valence-electron chi connectivity index (χ3n) is 4.29. The lowest BCUT2D eigenvalue weighted by Gasteiger charge is -2.21. The SMILES string of the molecule is Cc1ccc(CC2CCCCCC2N)cc1C. The van der Waals surface area contributed by atoms with E-state index in [-0.39, 0.29) is 0 Å². The minimum absolute atomic E-state index is 0.416. The highest BCUT2D eigenvalue weighted by Crippen LogP contribution is 2.26. The molecule has 2 unspecified atom stereocenters. The maximum atomic E-state index is 6.29. The Morgan fingerprint density at radius 1 is 1.06 bits per heavy atom. The van der Waals surface area contributed by atoms with Crippen LogP contribution in [0.15, 0.2) is 18.2 Å². The molecular weight excluding hydrogens is 206 g/mol. The van der Waals surface area contributed by atoms with Crippen molar-refractivity contribution in [2.24, 2.45) is 11.7 Å². The van der Waals surface area contributed by atoms with Crippen LogP contribution in [0, 0.1) is 19.8 Å². The maximum absolute atomic E-state index is 6.29. The van der Waals surface area contributed by atoms with Gasteiger partial charge in [0, 0.05) is 6.04 Å². The molecule has 1 saturated carbocycles. The first-order valence-corrected chi connectivity index (χ1v) is 6.98. The Morgan fingerprint density at radius 3 is 2.59 bits per heavy atom. The zero-order valence-corrected chi connectivity index (χ0v) is 11.2. The predicted octanol–water partition coefficient (Wildman–Crippen LogP) is 3.75. The van der Waals surface area contributed by atoms with Crippen LogP contribution in [0.5, 0.6) is 0 Å². The fourth-order valence-corrected chi connectivity index (χ4v) is 2.90. The quantitative estimate of drug-likeness (QED) is 0.771. The molecule has 0 spiro atoms. The standard InChI is InChI=1S/C16H25N/c1-12-8-9-14(10-13(12)2)11-15-6-4-3-5-7-16(15)17/h8-10,15-16H,3-7,11,17H2,1-2H3. The summed E-state index contributed by atoms with van der Waals surface area (Å²) in [7, 11) is 0. The predicted molar refractivity (Wildman–Crippen MR) is 74.2 cm³/mol. The number of hydrogen-bond donors (Lipinski definition) is 1. The summed E-state index contributed by atoms with van der Waals surface area (Å²) in [5.74, 6) is 0.694. The second-order valence-electron chi connectivity index (χ2n) is 5.68. The van der Waals surface area contributed by atoms with Crippen LogP contribution in [0.3, 0.4) is 0 Å². The first-order valence-electron chi connectivity index (χ1n) is 6.98. The molecule has 0 bridgehead atoms. The Labute approximate surface area is 105 Å². The third kappa shape index (κ3) is 3.32. The third-order valence-corrected chi connectivity index (χ3v) is 4.29. The highest BCUT2D eigenvalue weighted by atomic mass is 14.6. The van der Waals surface area contributed by atoms with Crippen molar-refractivity contribution < 1.29 is 0 Å². The van der Waals surface area contributed by atoms with Gasteiger partial charge >= 0.3 is 0 Å². The van der Waals surface area contributed by atoms with Crippen molar-refractivity contribution in [1.29, 1.82) is 0 Å². The molecule has 17 heavy (non-hydrogen) atoms. The van der Waals surface area contributed by atoms with Gasteiger partial charge in [-0.2, -0.15) is 0 Å². The van der Waals surface area contributed by atoms with Crippen molar-refractivity contribution in [2.45, 2.75) is 58.4 Å². The first kappa shape index (κ1) is 12.6. The van der Waals surface area contributed by atoms with Gasteiger partial charge in [-0.3, -0.25) is 0 Å². The molecule has 2 rings (SSSR count). The van der Waals surface area contributed by atoms with Crippen molar-refractivity contribution >= 4 is 0 Å². The Kier molecular flexibility index (Phi) is 4.22. The number of rotatable bonds is 2. The van der Waals surface area contributed by atoms with Crippen molar-refractivity contribution in [3.63, 3.8) is 0 Å². The smallest absolute Gasteiger partial charge is 0.00703 e. The second kappa shape index (κ2) is 5.68. The van der Waals surface area contributed by atoms with Crippen molar-refractivity contribution in [3.05, 3.63) is 34.9 Å². The monoisotopic (exact) mass is 231 g/mol. The molecule has 1 heteroatoms. The van der Waals surface area contributed by atoms with Crippen molar-refractivity contribution in [1.82, 2.24) is 0 Å². The van der Waals surface area contributed by atoms with Gasteiger partial charge in [-0.25, -0.2) is 0 Å². The Balaban J connectivity index is 2.05. The van der Waals surface area contributed by atoms with Gasteiger partial charge in [0.25, 0.3) is 0 Å². The lowest BCUT2D eigenvalue weighted by Crippen LogP contribution is -2.30. The van der Waals surface area contributed by atoms with Gasteiger partial charge in [0.05, 0.1) is 0 Å². The van der Waals surface area contributed by atoms with Crippen molar-refractivity contribution in [2.75, 3.05) is 0 Å². The Hall–Kier alpha value is -0.820. The largest absolute Gasteiger partial charge is 0.327 e. The maximum Gasteiger partial charge on any atom is 0.00703 e. The molecule has 0 saturated heterocycles. The van der Waals surface area contributed by atoms with Gasteiger partial charge in [-0.15, -0.1) is 0 Å². The molecule has 1 aromatic carbocycles. The summed E-state index contributed by atoms with van der Waals surface area (Å²) in [6.45, 7) is 4.38. The minimum Gasteiger partial charge on any atom is -0.327 e. The highest BCUT2D eigenvalue weighted by molar-refractivity contribution is 5.30. The molecule has 1 nitrogen and oxygen atoms in total. The van der Waals surface area contributed by atoms with Gasteiger partial charge in [0.15, 0.2) is 0 Å². The lowest BCUT2D eigenvalue weighted by atomic mass is 9.88. The van der Waals surface area contributed by atoms with Crippen LogP contribution in [0.4, 0.5) is 0 Å². The second-order valence-corrected chi connectivity index (χ2v) is 5.68. The summed E-state index contributed by atoms with van der Waals surface area (Å²) in [5.41, 5.74) is 10.6. The van der Waals surface area contributed by atoms with Crippen LogP contribution in [0.2, 0.25) is 0 Å². The van der Waals surface area contributed by atoms with Crippen LogP contribution in [-0.2, 0) is 6.42 Å². The molecule has 94 valence electrons. The van der Waals surface area contributed by atoms with Crippen LogP contribution in [0.25, 0.3) is 0 Å². The van der Waals surface area contributed by atoms with E-state index in [1.165, 1.54) is 55.2 Å². The van der Waals surface area contributed by atoms with Crippen LogP contribution >= 0.6 is 0 Å². The van der Waals surface area contributed by atoms with Gasteiger partial charge < -0.3 is 5.73 Å². The summed E-state index contributed by atoms with van der Waals surface area (Å²) in [5, 5.41) is 0. The molecular formula is C16H25N. The molecule has 0 aliphatic heterocycles. The van der Waals surface area contributed by atoms with E-state index in [1.54, 1.807) is 0 Å². The average Bonchev–Trinajstić information content (AvgIpc) is 2.50. The molecule has 0 radical (unpaired) electrons. The fraction of sp³-hybridized carbons (Fsp3) is 0.625. The summed E-state index contributed by atoms with van der Waals surface area (Å²) in [6, 6.07) is 7.28. The topological polar surface area (TPSA) is 26.0 Å². The molecule has 2 N–H and O–H groups in total. The molecule has 1 aromatic rings. The normalized spacial score (nSPS) is 25.6. The van der Waals surface area contributed by atoms with Gasteiger partial charge in [0.2, 0.25) is 0 Å². The molecule has 0 heterocycles. The average molecular weight is 231 g/mol. The Bertz CT molecular complexity index is 370. The van der Waals surface area contributed by atoms with E-state index in [2.05, 4.69) is 32.0 Å². The first-order chi connectivity index (χ1) is 8.16. The van der Waals surface area contributed by atoms with E-state index in [4.69, 9.17) is 5.73 Å². The van der Waals surface area contributed by atoms with Crippen LogP contribution in [0.1, 0.15) is 48.8 Å². The molecule has 0 aromatic heterocycles. The molecule has 0 amide bonds. The van der Waals surface area contributed by atoms with E-state index in [1.807, 2.05) is 0 Å². The summed E-state index contributed by atoms with van der Waals surface area (Å²) in [6.07, 6.45) is 7.76. The van der Waals surface area contributed by atoms with E-state index in [0.29, 0.717) is 12.0 Å². The summed E-state index contributed by atoms with van der Waals surface area (Å²) < 4.78 is 0. The number of benzene rings is 1. The summed E-state index contributed by atoms with van der Waals surface area (Å²) >= 11 is 0. The molecule has 2 atom stereocenters. The number of hydrogen-bond acceptors (Lipinski definition) is 1. The van der Waals surface area contributed by atoms with E-state index in [9.17, 15) is 0 Å². The minimum atomic E-state index is 0.416. The fourth-order valence-electron chi connectivity index (χ4n) is 2.90. The molecule has 1 aliphatic carbocycles. The van der Waals surface area contributed by atoms with Crippen LogP contribution in [-0.4, -0.2) is 6.04 Å². The van der Waals surface area contributed by atoms with Crippen molar-refractivity contribution in [3.8, 4) is 0 Å². The Morgan fingerprint density at radius 2 is 1.82 bits per heavy atom. The van der Waals surface area contributed by atoms with Crippen LogP contribution < -0.4 is 5.73 Å². The van der Waals surface area contributed by atoms with E-state index < -0.39 is 0 Å². The van der Waals surface area contributed by atoms with Gasteiger partial charge in [-0.1, -0.05) is 37.5 Å². The van der Waals surface area contributed by atoms with Gasteiger partial charge in [-0.05, 0) is 55.7 Å². The highest BCUT2D eigenvalue weighted by Gasteiger charge is 2.20.